The molecule has 3 aromatic heterocycles. The molecule has 122 valence electrons. The minimum atomic E-state index is 0.715. The fraction of sp³-hybridized carbons (Fsp3) is 0.235. The van der Waals surface area contributed by atoms with Crippen LogP contribution in [0.15, 0.2) is 42.7 Å². The summed E-state index contributed by atoms with van der Waals surface area (Å²) in [5, 5.41) is 8.66. The first-order valence-electron chi connectivity index (χ1n) is 7.78. The van der Waals surface area contributed by atoms with Crippen LogP contribution in [0.4, 0.5) is 5.95 Å². The molecule has 0 atom stereocenters. The van der Waals surface area contributed by atoms with Crippen molar-refractivity contribution in [2.45, 2.75) is 6.42 Å². The van der Waals surface area contributed by atoms with Crippen LogP contribution in [0.25, 0.3) is 26.3 Å². The topological polar surface area (TPSA) is 64.3 Å². The molecule has 0 fully saturated rings. The number of ether oxygens (including phenoxy) is 1. The predicted octanol–water partition coefficient (Wildman–Crippen LogP) is 3.45. The molecule has 0 radical (unpaired) electrons. The number of rotatable bonds is 6. The number of benzene rings is 1. The second kappa shape index (κ2) is 6.54. The first kappa shape index (κ1) is 15.0. The minimum Gasteiger partial charge on any atom is -0.385 e. The number of hydrogen-bond donors (Lipinski definition) is 1. The fourth-order valence-electron chi connectivity index (χ4n) is 2.62. The summed E-state index contributed by atoms with van der Waals surface area (Å²) < 4.78 is 6.84. The van der Waals surface area contributed by atoms with Crippen LogP contribution in [0.1, 0.15) is 6.42 Å². The fourth-order valence-corrected chi connectivity index (χ4v) is 3.66. The number of nitrogens with one attached hydrogen (secondary N) is 1. The monoisotopic (exact) mass is 339 g/mol. The zero-order valence-electron chi connectivity index (χ0n) is 13.3. The molecule has 0 amide bonds. The Morgan fingerprint density at radius 3 is 2.96 bits per heavy atom. The van der Waals surface area contributed by atoms with E-state index in [1.165, 1.54) is 10.4 Å². The molecule has 0 aliphatic rings. The largest absolute Gasteiger partial charge is 0.385 e. The molecule has 0 saturated carbocycles. The maximum absolute atomic E-state index is 5.08. The average molecular weight is 339 g/mol. The number of methoxy groups -OCH3 is 1. The van der Waals surface area contributed by atoms with Gasteiger partial charge in [0.15, 0.2) is 5.65 Å². The molecule has 3 heterocycles. The highest BCUT2D eigenvalue weighted by Crippen LogP contribution is 2.34. The van der Waals surface area contributed by atoms with Crippen molar-refractivity contribution in [3.63, 3.8) is 0 Å². The highest BCUT2D eigenvalue weighted by molar-refractivity contribution is 7.22. The number of anilines is 1. The number of hydrogen-bond acceptors (Lipinski definition) is 6. The van der Waals surface area contributed by atoms with E-state index in [9.17, 15) is 0 Å². The Morgan fingerprint density at radius 2 is 2.12 bits per heavy atom. The lowest BCUT2D eigenvalue weighted by molar-refractivity contribution is 0.197. The minimum absolute atomic E-state index is 0.715. The second-order valence-electron chi connectivity index (χ2n) is 5.40. The van der Waals surface area contributed by atoms with E-state index in [1.807, 2.05) is 18.2 Å². The lowest BCUT2D eigenvalue weighted by Crippen LogP contribution is -2.10. The van der Waals surface area contributed by atoms with Gasteiger partial charge in [0.1, 0.15) is 11.2 Å². The highest BCUT2D eigenvalue weighted by Gasteiger charge is 2.14. The van der Waals surface area contributed by atoms with Gasteiger partial charge in [0, 0.05) is 25.1 Å². The SMILES string of the molecule is COCCCNc1nc2sc(-c3ccccc3)cc2c2ncnn12. The van der Waals surface area contributed by atoms with E-state index in [1.54, 1.807) is 29.3 Å². The first-order valence-corrected chi connectivity index (χ1v) is 8.60. The summed E-state index contributed by atoms with van der Waals surface area (Å²) in [5.41, 5.74) is 2.01. The molecule has 4 rings (SSSR count). The second-order valence-corrected chi connectivity index (χ2v) is 6.43. The number of aromatic nitrogens is 4. The van der Waals surface area contributed by atoms with Crippen molar-refractivity contribution in [2.75, 3.05) is 25.6 Å². The third-order valence-corrected chi connectivity index (χ3v) is 4.85. The molecule has 1 aromatic carbocycles. The van der Waals surface area contributed by atoms with Crippen molar-refractivity contribution in [2.24, 2.45) is 0 Å². The molecular formula is C17H17N5OS. The van der Waals surface area contributed by atoms with Gasteiger partial charge in [0.25, 0.3) is 0 Å². The van der Waals surface area contributed by atoms with Crippen molar-refractivity contribution < 1.29 is 4.74 Å². The van der Waals surface area contributed by atoms with Gasteiger partial charge < -0.3 is 10.1 Å². The zero-order valence-corrected chi connectivity index (χ0v) is 14.1. The molecule has 0 saturated heterocycles. The van der Waals surface area contributed by atoms with Gasteiger partial charge in [-0.15, -0.1) is 11.3 Å². The van der Waals surface area contributed by atoms with Crippen molar-refractivity contribution in [3.8, 4) is 10.4 Å². The maximum atomic E-state index is 5.08. The Bertz CT molecular complexity index is 963. The predicted molar refractivity (Wildman–Crippen MR) is 96.6 cm³/mol. The zero-order chi connectivity index (χ0) is 16.4. The van der Waals surface area contributed by atoms with Gasteiger partial charge in [0.2, 0.25) is 5.95 Å². The van der Waals surface area contributed by atoms with E-state index < -0.39 is 0 Å². The molecular weight excluding hydrogens is 322 g/mol. The van der Waals surface area contributed by atoms with Gasteiger partial charge in [-0.25, -0.2) is 9.97 Å². The first-order chi connectivity index (χ1) is 11.9. The van der Waals surface area contributed by atoms with Crippen molar-refractivity contribution in [3.05, 3.63) is 42.7 Å². The van der Waals surface area contributed by atoms with E-state index in [-0.39, 0.29) is 0 Å². The van der Waals surface area contributed by atoms with E-state index in [0.717, 1.165) is 28.8 Å². The van der Waals surface area contributed by atoms with Crippen LogP contribution in [0.5, 0.6) is 0 Å². The van der Waals surface area contributed by atoms with Crippen LogP contribution in [0.3, 0.4) is 0 Å². The lowest BCUT2D eigenvalue weighted by atomic mass is 10.2. The Morgan fingerprint density at radius 1 is 1.25 bits per heavy atom. The number of nitrogens with zero attached hydrogens (tertiary/aromatic N) is 4. The number of thiophene rings is 1. The summed E-state index contributed by atoms with van der Waals surface area (Å²) >= 11 is 1.67. The van der Waals surface area contributed by atoms with Crippen LogP contribution in [-0.4, -0.2) is 39.8 Å². The summed E-state index contributed by atoms with van der Waals surface area (Å²) in [6, 6.07) is 12.5. The maximum Gasteiger partial charge on any atom is 0.227 e. The van der Waals surface area contributed by atoms with Gasteiger partial charge in [-0.05, 0) is 18.1 Å². The van der Waals surface area contributed by atoms with Crippen molar-refractivity contribution in [1.29, 1.82) is 0 Å². The molecule has 0 aliphatic carbocycles. The Kier molecular flexibility index (Phi) is 4.10. The van der Waals surface area contributed by atoms with Crippen molar-refractivity contribution in [1.82, 2.24) is 19.6 Å². The quantitative estimate of drug-likeness (QED) is 0.545. The van der Waals surface area contributed by atoms with E-state index in [2.05, 4.69) is 33.6 Å². The van der Waals surface area contributed by atoms with Gasteiger partial charge >= 0.3 is 0 Å². The van der Waals surface area contributed by atoms with Crippen LogP contribution >= 0.6 is 11.3 Å². The molecule has 4 aromatic rings. The van der Waals surface area contributed by atoms with Gasteiger partial charge in [-0.2, -0.15) is 9.61 Å². The smallest absolute Gasteiger partial charge is 0.227 e. The molecule has 24 heavy (non-hydrogen) atoms. The summed E-state index contributed by atoms with van der Waals surface area (Å²) in [6.45, 7) is 1.49. The van der Waals surface area contributed by atoms with Crippen LogP contribution in [0.2, 0.25) is 0 Å². The molecule has 1 N–H and O–H groups in total. The third kappa shape index (κ3) is 2.72. The lowest BCUT2D eigenvalue weighted by Gasteiger charge is -2.06. The van der Waals surface area contributed by atoms with Gasteiger partial charge in [-0.1, -0.05) is 30.3 Å². The van der Waals surface area contributed by atoms with Crippen LogP contribution in [-0.2, 0) is 4.74 Å². The average Bonchev–Trinajstić information content (AvgIpc) is 3.25. The van der Waals surface area contributed by atoms with Gasteiger partial charge in [0.05, 0.1) is 5.39 Å². The summed E-state index contributed by atoms with van der Waals surface area (Å²) in [4.78, 5) is 11.3. The standard InChI is InChI=1S/C17H17N5OS/c1-23-9-5-8-18-17-21-16-13(15-19-11-20-22(15)17)10-14(24-16)12-6-3-2-4-7-12/h2-4,6-7,10-11H,5,8-9H2,1H3,(H,18,21). The third-order valence-electron chi connectivity index (χ3n) is 3.78. The van der Waals surface area contributed by atoms with E-state index in [0.29, 0.717) is 12.6 Å². The Labute approximate surface area is 143 Å². The van der Waals surface area contributed by atoms with Crippen molar-refractivity contribution >= 4 is 33.1 Å². The molecule has 7 heteroatoms. The Hall–Kier alpha value is -2.51. The van der Waals surface area contributed by atoms with Gasteiger partial charge in [-0.3, -0.25) is 0 Å². The molecule has 0 spiro atoms. The van der Waals surface area contributed by atoms with E-state index in [4.69, 9.17) is 9.72 Å². The van der Waals surface area contributed by atoms with Crippen LogP contribution in [0, 0.1) is 0 Å². The molecule has 0 bridgehead atoms. The summed E-state index contributed by atoms with van der Waals surface area (Å²) in [6.07, 6.45) is 2.47. The Balaban J connectivity index is 1.76. The van der Waals surface area contributed by atoms with Crippen LogP contribution < -0.4 is 5.32 Å². The molecule has 0 aliphatic heterocycles. The normalized spacial score (nSPS) is 11.4. The molecule has 0 unspecified atom stereocenters. The summed E-state index contributed by atoms with van der Waals surface area (Å²) in [7, 11) is 1.71. The molecule has 6 nitrogen and oxygen atoms in total. The summed E-state index contributed by atoms with van der Waals surface area (Å²) in [5.74, 6) is 0.715. The highest BCUT2D eigenvalue weighted by atomic mass is 32.1. The number of fused-ring (bicyclic) bond motifs is 3. The van der Waals surface area contributed by atoms with E-state index >= 15 is 0 Å².